The van der Waals surface area contributed by atoms with Gasteiger partial charge in [0.2, 0.25) is 0 Å². The monoisotopic (exact) mass is 319 g/mol. The number of aromatic carboxylic acids is 1. The largest absolute Gasteiger partial charge is 0.476 e. The van der Waals surface area contributed by atoms with Crippen LogP contribution in [0.4, 0.5) is 0 Å². The van der Waals surface area contributed by atoms with E-state index in [1.54, 1.807) is 12.4 Å². The summed E-state index contributed by atoms with van der Waals surface area (Å²) in [5, 5.41) is 8.86. The normalized spacial score (nSPS) is 11.6. The van der Waals surface area contributed by atoms with Crippen molar-refractivity contribution < 1.29 is 18.3 Å². The molecule has 19 heavy (non-hydrogen) atoms. The average Bonchev–Trinajstić information content (AvgIpc) is 2.95. The summed E-state index contributed by atoms with van der Waals surface area (Å²) in [6.07, 6.45) is 0. The zero-order valence-corrected chi connectivity index (χ0v) is 12.1. The van der Waals surface area contributed by atoms with Crippen molar-refractivity contribution in [1.82, 2.24) is 14.7 Å². The molecule has 0 atom stereocenters. The van der Waals surface area contributed by atoms with E-state index in [9.17, 15) is 13.2 Å². The highest BCUT2D eigenvalue weighted by Gasteiger charge is 2.25. The molecule has 2 heterocycles. The summed E-state index contributed by atoms with van der Waals surface area (Å²) in [6.45, 7) is 1.85. The van der Waals surface area contributed by atoms with Crippen LogP contribution in [0.1, 0.15) is 21.1 Å². The Kier molecular flexibility index (Phi) is 3.94. The number of sulfonamides is 1. The molecule has 102 valence electrons. The molecule has 0 saturated carbocycles. The third-order valence-corrected chi connectivity index (χ3v) is 5.96. The maximum Gasteiger partial charge on any atom is 0.356 e. The molecule has 0 radical (unpaired) electrons. The van der Waals surface area contributed by atoms with E-state index >= 15 is 0 Å². The van der Waals surface area contributed by atoms with E-state index < -0.39 is 21.7 Å². The van der Waals surface area contributed by atoms with Gasteiger partial charge in [0.25, 0.3) is 10.0 Å². The fraction of sp³-hybridized carbons (Fsp3) is 0.222. The second-order valence-electron chi connectivity index (χ2n) is 3.48. The summed E-state index contributed by atoms with van der Waals surface area (Å²) in [7, 11) is -3.88. The van der Waals surface area contributed by atoms with Gasteiger partial charge in [-0.15, -0.1) is 22.7 Å². The molecule has 2 N–H and O–H groups in total. The lowest BCUT2D eigenvalue weighted by Gasteiger charge is -2.04. The molecular formula is C9H9N3O4S3. The van der Waals surface area contributed by atoms with Crippen molar-refractivity contribution in [1.29, 1.82) is 0 Å². The Labute approximate surface area is 117 Å². The van der Waals surface area contributed by atoms with E-state index in [1.165, 1.54) is 16.8 Å². The van der Waals surface area contributed by atoms with Gasteiger partial charge in [-0.3, -0.25) is 0 Å². The molecule has 2 aromatic heterocycles. The Bertz CT molecular complexity index is 704. The van der Waals surface area contributed by atoms with E-state index in [1.807, 2.05) is 0 Å². The molecule has 0 fully saturated rings. The van der Waals surface area contributed by atoms with Crippen molar-refractivity contribution >= 4 is 38.7 Å². The molecule has 0 aliphatic rings. The number of carboxylic acid groups (broad SMARTS) is 1. The summed E-state index contributed by atoms with van der Waals surface area (Å²) >= 11 is 2.10. The van der Waals surface area contributed by atoms with Crippen molar-refractivity contribution in [2.75, 3.05) is 0 Å². The number of carboxylic acids is 1. The Hall–Kier alpha value is -1.36. The lowest BCUT2D eigenvalue weighted by Crippen LogP contribution is -2.24. The maximum atomic E-state index is 12.0. The molecule has 0 aromatic carbocycles. The van der Waals surface area contributed by atoms with Gasteiger partial charge in [0.15, 0.2) is 9.90 Å². The van der Waals surface area contributed by atoms with Crippen molar-refractivity contribution in [3.05, 3.63) is 27.3 Å². The van der Waals surface area contributed by atoms with Gasteiger partial charge in [-0.25, -0.2) is 27.9 Å². The van der Waals surface area contributed by atoms with Crippen molar-refractivity contribution in [2.24, 2.45) is 0 Å². The number of aryl methyl sites for hydroxylation is 1. The third kappa shape index (κ3) is 2.97. The highest BCUT2D eigenvalue weighted by molar-refractivity contribution is 7.91. The fourth-order valence-electron chi connectivity index (χ4n) is 1.29. The van der Waals surface area contributed by atoms with Crippen molar-refractivity contribution in [2.45, 2.75) is 17.7 Å². The van der Waals surface area contributed by atoms with Gasteiger partial charge in [-0.2, -0.15) is 0 Å². The minimum absolute atomic E-state index is 0.0792. The second kappa shape index (κ2) is 5.33. The summed E-state index contributed by atoms with van der Waals surface area (Å²) in [4.78, 5) is 19.2. The molecule has 2 aromatic rings. The summed E-state index contributed by atoms with van der Waals surface area (Å²) in [5.74, 6) is -1.37. The molecule has 0 spiro atoms. The lowest BCUT2D eigenvalue weighted by molar-refractivity contribution is 0.0687. The molecule has 0 bridgehead atoms. The van der Waals surface area contributed by atoms with Crippen LogP contribution in [0.3, 0.4) is 0 Å². The number of thiazole rings is 2. The molecular weight excluding hydrogens is 310 g/mol. The van der Waals surface area contributed by atoms with E-state index in [2.05, 4.69) is 14.7 Å². The summed E-state index contributed by atoms with van der Waals surface area (Å²) < 4.78 is 26.1. The number of nitrogens with zero attached hydrogens (tertiary/aromatic N) is 2. The quantitative estimate of drug-likeness (QED) is 0.853. The van der Waals surface area contributed by atoms with Gasteiger partial charge in [0.05, 0.1) is 16.7 Å². The zero-order chi connectivity index (χ0) is 14.0. The van der Waals surface area contributed by atoms with Crippen molar-refractivity contribution in [3.8, 4) is 0 Å². The minimum Gasteiger partial charge on any atom is -0.476 e. The van der Waals surface area contributed by atoms with Gasteiger partial charge in [-0.05, 0) is 6.92 Å². The van der Waals surface area contributed by atoms with Gasteiger partial charge in [-0.1, -0.05) is 0 Å². The first-order valence-electron chi connectivity index (χ1n) is 4.97. The topological polar surface area (TPSA) is 109 Å². The average molecular weight is 319 g/mol. The van der Waals surface area contributed by atoms with Crippen LogP contribution in [-0.4, -0.2) is 29.5 Å². The number of carbonyl (C=O) groups is 1. The smallest absolute Gasteiger partial charge is 0.356 e. The number of rotatable bonds is 5. The molecule has 0 unspecified atom stereocenters. The molecule has 10 heteroatoms. The Morgan fingerprint density at radius 1 is 1.37 bits per heavy atom. The minimum atomic E-state index is -3.88. The van der Waals surface area contributed by atoms with Crippen LogP contribution in [0.25, 0.3) is 0 Å². The van der Waals surface area contributed by atoms with Crippen LogP contribution in [0, 0.1) is 6.92 Å². The van der Waals surface area contributed by atoms with Crippen LogP contribution in [0.15, 0.2) is 15.2 Å². The lowest BCUT2D eigenvalue weighted by atomic mass is 10.4. The van der Waals surface area contributed by atoms with E-state index in [-0.39, 0.29) is 10.8 Å². The molecule has 2 rings (SSSR count). The predicted molar refractivity (Wildman–Crippen MR) is 69.9 cm³/mol. The highest BCUT2D eigenvalue weighted by Crippen LogP contribution is 2.21. The Morgan fingerprint density at radius 2 is 2.05 bits per heavy atom. The van der Waals surface area contributed by atoms with E-state index in [0.29, 0.717) is 0 Å². The number of nitrogens with one attached hydrogen (secondary N) is 1. The molecule has 0 amide bonds. The maximum absolute atomic E-state index is 12.0. The highest BCUT2D eigenvalue weighted by atomic mass is 32.2. The SMILES string of the molecule is Cc1ncsc1CNS(=O)(=O)c1scnc1C(=O)O. The van der Waals surface area contributed by atoms with E-state index in [4.69, 9.17) is 5.11 Å². The first kappa shape index (κ1) is 14.1. The van der Waals surface area contributed by atoms with Crippen LogP contribution in [0.2, 0.25) is 0 Å². The second-order valence-corrected chi connectivity index (χ2v) is 7.24. The fourth-order valence-corrected chi connectivity index (χ4v) is 4.28. The van der Waals surface area contributed by atoms with Crippen LogP contribution < -0.4 is 4.72 Å². The molecule has 7 nitrogen and oxygen atoms in total. The van der Waals surface area contributed by atoms with E-state index in [0.717, 1.165) is 21.9 Å². The van der Waals surface area contributed by atoms with Gasteiger partial charge < -0.3 is 5.11 Å². The first-order valence-corrected chi connectivity index (χ1v) is 8.21. The van der Waals surface area contributed by atoms with Gasteiger partial charge in [0.1, 0.15) is 0 Å². The summed E-state index contributed by atoms with van der Waals surface area (Å²) in [6, 6.07) is 0. The number of hydrogen-bond acceptors (Lipinski definition) is 7. The number of aromatic nitrogens is 2. The molecule has 0 saturated heterocycles. The third-order valence-electron chi connectivity index (χ3n) is 2.25. The first-order chi connectivity index (χ1) is 8.92. The standard InChI is InChI=1S/C9H9N3O4S3/c1-5-6(17-3-10-5)2-12-19(15,16)9-7(8(13)14)11-4-18-9/h3-4,12H,2H2,1H3,(H,13,14). The van der Waals surface area contributed by atoms with Gasteiger partial charge in [0, 0.05) is 11.4 Å². The number of hydrogen-bond donors (Lipinski definition) is 2. The van der Waals surface area contributed by atoms with Crippen LogP contribution >= 0.6 is 22.7 Å². The van der Waals surface area contributed by atoms with Crippen LogP contribution in [-0.2, 0) is 16.6 Å². The summed E-state index contributed by atoms with van der Waals surface area (Å²) in [5.41, 5.74) is 3.10. The van der Waals surface area contributed by atoms with Crippen LogP contribution in [0.5, 0.6) is 0 Å². The van der Waals surface area contributed by atoms with Gasteiger partial charge >= 0.3 is 5.97 Å². The van der Waals surface area contributed by atoms with Crippen molar-refractivity contribution in [3.63, 3.8) is 0 Å². The molecule has 0 aliphatic heterocycles. The Balaban J connectivity index is 2.21. The molecule has 0 aliphatic carbocycles. The zero-order valence-electron chi connectivity index (χ0n) is 9.65. The Morgan fingerprint density at radius 3 is 2.63 bits per heavy atom. The predicted octanol–water partition coefficient (Wildman–Crippen LogP) is 1.08.